The fraction of sp³-hybridized carbons (Fsp3) is 0.344. The first-order chi connectivity index (χ1) is 64.4. The third-order valence-corrected chi connectivity index (χ3v) is 20.2. The SMILES string of the molecule is CC(C)Oc1cc([C@@](Cc2ccccc2)(NC(=O)C=C(C(F)(F)F)C(F)(F)F)c2cc(F)cc(OC(F)(F)C(F)F)c2)ccc1F.CC(C)Oc1cc([C@@](Cc2ccccc2)(NC(=O)[C@@H]2OC2(C(F)(F)F)C(F)(F)F)c2cc(F)cc(OC(F)(F)C(F)F)c2)ccc1F.CC(C)Oc1cc([C@@](Cc2ccccc2)(NC(=O)[C@H]2OC2(C(F)(F)F)C(F)(F)F)c2cc(F)cc(OC(F)(F)C(F)F)c2)ccc1F. The van der Waals surface area contributed by atoms with Crippen LogP contribution < -0.4 is 44.4 Å². The highest BCUT2D eigenvalue weighted by Gasteiger charge is 2.90. The molecule has 2 aliphatic rings. The topological polar surface area (TPSA) is 168 Å². The molecule has 14 nitrogen and oxygen atoms in total. The van der Waals surface area contributed by atoms with Crippen LogP contribution in [-0.2, 0) is 59.7 Å². The van der Waals surface area contributed by atoms with Crippen molar-refractivity contribution in [1.82, 2.24) is 16.0 Å². The molecule has 2 aliphatic heterocycles. The van der Waals surface area contributed by atoms with Crippen LogP contribution in [0, 0.1) is 34.9 Å². The van der Waals surface area contributed by atoms with Gasteiger partial charge in [-0.25, -0.2) is 26.3 Å². The molecule has 3 N–H and O–H groups in total. The fourth-order valence-corrected chi connectivity index (χ4v) is 14.1. The summed E-state index contributed by atoms with van der Waals surface area (Å²) in [5.41, 5.74) is -23.3. The van der Waals surface area contributed by atoms with Gasteiger partial charge >= 0.3 is 74.7 Å². The van der Waals surface area contributed by atoms with E-state index >= 15 is 8.78 Å². The molecular weight excluding hydrogens is 1980 g/mol. The lowest BCUT2D eigenvalue weighted by Gasteiger charge is -2.37. The maximum atomic E-state index is 15.0. The van der Waals surface area contributed by atoms with Gasteiger partial charge in [0, 0.05) is 43.5 Å². The number of ether oxygens (including phenoxy) is 8. The standard InChI is InChI=1S/2C30H23F12NO4.C30H23F12NO3/c2*1-15(2)45-22-12-17(8-9-21(22)32)26(14-16-6-4-3-5-7-16,18-10-19(31)13-20(11-18)46-28(35,36)25(33)34)43-24(44)23-27(47-23,29(37,38)39)30(40,41)42;1-16(2)45-23-12-18(8-9-22(23)32)27(15-17-6-4-3-5-7-17,43-25(44)14-24(28(35,36)37)29(38,39)40)19-10-20(31)13-21(11-19)46-30(41,42)26(33)34/h2*3-13,15,23,25H,14H2,1-2H3,(H,43,44);3-14,16,26H,15H2,1-2H3,(H,43,44)/t23-,26+;23-,26-;27-/m011/s1. The van der Waals surface area contributed by atoms with E-state index in [1.807, 2.05) is 16.0 Å². The van der Waals surface area contributed by atoms with Crippen LogP contribution in [0.15, 0.2) is 212 Å². The monoisotopic (exact) mass is 2050 g/mol. The number of carbonyl (C=O) groups excluding carboxylic acids is 3. The van der Waals surface area contributed by atoms with Crippen molar-refractivity contribution < 1.29 is 210 Å². The number of halogens is 36. The van der Waals surface area contributed by atoms with Gasteiger partial charge in [-0.2, -0.15) is 132 Å². The number of benzene rings is 9. The van der Waals surface area contributed by atoms with E-state index in [2.05, 4.69) is 23.7 Å². The van der Waals surface area contributed by atoms with Crippen molar-refractivity contribution >= 4 is 17.7 Å². The molecule has 762 valence electrons. The Balaban J connectivity index is 0.000000235. The molecule has 140 heavy (non-hydrogen) atoms. The Morgan fingerprint density at radius 3 is 0.786 bits per heavy atom. The maximum Gasteiger partial charge on any atom is 0.461 e. The number of allylic oxidation sites excluding steroid dienone is 1. The first-order valence-electron chi connectivity index (χ1n) is 39.8. The van der Waals surface area contributed by atoms with E-state index < -0.39 is 268 Å². The van der Waals surface area contributed by atoms with E-state index in [0.717, 1.165) is 54.6 Å². The molecule has 0 spiro atoms. The molecule has 2 saturated heterocycles. The number of epoxide rings is 2. The third kappa shape index (κ3) is 25.6. The lowest BCUT2D eigenvalue weighted by molar-refractivity contribution is -0.293. The summed E-state index contributed by atoms with van der Waals surface area (Å²) >= 11 is 0. The van der Waals surface area contributed by atoms with Crippen LogP contribution >= 0.6 is 0 Å². The second kappa shape index (κ2) is 41.6. The third-order valence-electron chi connectivity index (χ3n) is 20.2. The predicted octanol–water partition coefficient (Wildman–Crippen LogP) is 24.3. The minimum atomic E-state index is -6.15. The van der Waals surface area contributed by atoms with Crippen LogP contribution in [0.1, 0.15) is 91.6 Å². The average Bonchev–Trinajstić information content (AvgIpc) is 1.53. The molecular formula is C90H69F36N3O11. The van der Waals surface area contributed by atoms with Gasteiger partial charge in [-0.3, -0.25) is 14.4 Å². The van der Waals surface area contributed by atoms with Crippen molar-refractivity contribution in [1.29, 1.82) is 0 Å². The zero-order valence-electron chi connectivity index (χ0n) is 71.5. The summed E-state index contributed by atoms with van der Waals surface area (Å²) in [6, 6.07) is 33.0. The van der Waals surface area contributed by atoms with Crippen molar-refractivity contribution in [2.75, 3.05) is 0 Å². The summed E-state index contributed by atoms with van der Waals surface area (Å²) in [6.07, 6.45) is -76.9. The summed E-state index contributed by atoms with van der Waals surface area (Å²) < 4.78 is 530. The lowest BCUT2D eigenvalue weighted by Crippen LogP contribution is -2.55. The molecule has 5 atom stereocenters. The Hall–Kier alpha value is -12.7. The molecule has 2 fully saturated rings. The number of amides is 3. The number of alkyl halides is 30. The number of carbonyl (C=O) groups is 3. The van der Waals surface area contributed by atoms with Gasteiger partial charge in [0.1, 0.15) is 40.3 Å². The molecule has 50 heteroatoms. The van der Waals surface area contributed by atoms with Crippen LogP contribution in [0.4, 0.5) is 158 Å². The van der Waals surface area contributed by atoms with Gasteiger partial charge in [0.15, 0.2) is 46.9 Å². The van der Waals surface area contributed by atoms with Gasteiger partial charge in [-0.15, -0.1) is 0 Å². The molecule has 3 amide bonds. The van der Waals surface area contributed by atoms with Crippen LogP contribution in [0.25, 0.3) is 0 Å². The van der Waals surface area contributed by atoms with Crippen LogP contribution in [0.2, 0.25) is 0 Å². The van der Waals surface area contributed by atoms with Crippen molar-refractivity contribution in [3.05, 3.63) is 297 Å². The van der Waals surface area contributed by atoms with Gasteiger partial charge in [-0.1, -0.05) is 109 Å². The zero-order chi connectivity index (χ0) is 105. The number of rotatable bonds is 33. The van der Waals surface area contributed by atoms with Gasteiger partial charge in [-0.05, 0) is 164 Å². The van der Waals surface area contributed by atoms with E-state index in [-0.39, 0.29) is 51.6 Å². The Morgan fingerprint density at radius 2 is 0.571 bits per heavy atom. The first kappa shape index (κ1) is 111. The molecule has 0 unspecified atom stereocenters. The predicted molar refractivity (Wildman–Crippen MR) is 417 cm³/mol. The Bertz CT molecular complexity index is 5580. The number of hydrogen-bond donors (Lipinski definition) is 3. The summed E-state index contributed by atoms with van der Waals surface area (Å²) in [5, 5.41) is 6.00. The van der Waals surface area contributed by atoms with Crippen LogP contribution in [-0.4, -0.2) is 134 Å². The van der Waals surface area contributed by atoms with Gasteiger partial charge in [0.25, 0.3) is 23.0 Å². The molecule has 0 radical (unpaired) electrons. The number of hydrogen-bond acceptors (Lipinski definition) is 11. The summed E-state index contributed by atoms with van der Waals surface area (Å²) in [6.45, 7) is 8.85. The van der Waals surface area contributed by atoms with E-state index in [1.165, 1.54) is 133 Å². The molecule has 9 aromatic carbocycles. The second-order valence-corrected chi connectivity index (χ2v) is 31.5. The van der Waals surface area contributed by atoms with Gasteiger partial charge in [0.2, 0.25) is 5.91 Å². The quantitative estimate of drug-likeness (QED) is 0.0203. The second-order valence-electron chi connectivity index (χ2n) is 31.5. The maximum absolute atomic E-state index is 15.0. The minimum absolute atomic E-state index is 0.169. The van der Waals surface area contributed by atoms with E-state index in [1.54, 1.807) is 0 Å². The van der Waals surface area contributed by atoms with Crippen LogP contribution in [0.3, 0.4) is 0 Å². The first-order valence-corrected chi connectivity index (χ1v) is 39.8. The smallest absolute Gasteiger partial charge is 0.461 e. The van der Waals surface area contributed by atoms with Gasteiger partial charge in [0.05, 0.1) is 34.9 Å². The van der Waals surface area contributed by atoms with E-state index in [0.29, 0.717) is 36.4 Å². The number of nitrogens with one attached hydrogen (secondary N) is 3. The Morgan fingerprint density at radius 1 is 0.329 bits per heavy atom. The molecule has 0 saturated carbocycles. The highest BCUT2D eigenvalue weighted by atomic mass is 19.4. The summed E-state index contributed by atoms with van der Waals surface area (Å²) in [7, 11) is 0. The normalized spacial score (nSPS) is 16.4. The molecule has 2 heterocycles. The molecule has 0 aliphatic carbocycles. The largest absolute Gasteiger partial charge is 0.488 e. The average molecular weight is 2050 g/mol. The highest BCUT2D eigenvalue weighted by molar-refractivity contribution is 5.90. The Labute approximate surface area is 766 Å². The molecule has 9 aromatic rings. The highest BCUT2D eigenvalue weighted by Crippen LogP contribution is 2.61. The van der Waals surface area contributed by atoms with Crippen molar-refractivity contribution in [3.63, 3.8) is 0 Å². The minimum Gasteiger partial charge on any atom is -0.488 e. The molecule has 0 aromatic heterocycles. The van der Waals surface area contributed by atoms with Crippen LogP contribution in [0.5, 0.6) is 34.5 Å². The van der Waals surface area contributed by atoms with E-state index in [4.69, 9.17) is 14.2 Å². The van der Waals surface area contributed by atoms with Crippen molar-refractivity contribution in [2.24, 2.45) is 0 Å². The summed E-state index contributed by atoms with van der Waals surface area (Å²) in [5.74, 6) is -18.9. The molecule has 11 rings (SSSR count). The van der Waals surface area contributed by atoms with Gasteiger partial charge < -0.3 is 53.8 Å². The zero-order valence-corrected chi connectivity index (χ0v) is 71.5. The van der Waals surface area contributed by atoms with E-state index in [9.17, 15) is 164 Å². The fourth-order valence-electron chi connectivity index (χ4n) is 14.1. The lowest BCUT2D eigenvalue weighted by atomic mass is 9.77. The van der Waals surface area contributed by atoms with Crippen molar-refractivity contribution in [3.8, 4) is 34.5 Å². The Kier molecular flexibility index (Phi) is 33.0. The summed E-state index contributed by atoms with van der Waals surface area (Å²) in [4.78, 5) is 39.9. The molecule has 0 bridgehead atoms. The van der Waals surface area contributed by atoms with Crippen molar-refractivity contribution in [2.45, 2.75) is 194 Å².